The molecule has 1 heterocycles. The Hall–Kier alpha value is 0.140. The van der Waals surface area contributed by atoms with Crippen molar-refractivity contribution < 1.29 is 0 Å². The maximum absolute atomic E-state index is 6.06. The predicted molar refractivity (Wildman–Crippen MR) is 74.9 cm³/mol. The predicted octanol–water partition coefficient (Wildman–Crippen LogP) is 4.35. The lowest BCUT2D eigenvalue weighted by atomic mass is 9.77. The Bertz CT molecular complexity index is 326. The maximum Gasteiger partial charge on any atom is 0.0314 e. The van der Waals surface area contributed by atoms with Crippen LogP contribution in [0, 0.1) is 5.41 Å². The summed E-state index contributed by atoms with van der Waals surface area (Å²) in [6.07, 6.45) is 9.31. The molecule has 1 aliphatic rings. The monoisotopic (exact) mass is 301 g/mol. The van der Waals surface area contributed by atoms with Crippen molar-refractivity contribution in [2.24, 2.45) is 11.1 Å². The molecule has 1 aliphatic carbocycles. The van der Waals surface area contributed by atoms with Crippen molar-refractivity contribution >= 4 is 27.3 Å². The third kappa shape index (κ3) is 2.88. The molecular formula is C13H20BrNS. The molecule has 0 amide bonds. The Kier molecular flexibility index (Phi) is 4.45. The zero-order valence-corrected chi connectivity index (χ0v) is 12.1. The average molecular weight is 302 g/mol. The van der Waals surface area contributed by atoms with E-state index in [1.54, 1.807) is 0 Å². The van der Waals surface area contributed by atoms with Crippen LogP contribution in [0.4, 0.5) is 0 Å². The van der Waals surface area contributed by atoms with E-state index >= 15 is 0 Å². The quantitative estimate of drug-likeness (QED) is 0.825. The molecule has 1 saturated carbocycles. The van der Waals surface area contributed by atoms with Gasteiger partial charge in [0.15, 0.2) is 0 Å². The molecule has 3 heteroatoms. The highest BCUT2D eigenvalue weighted by molar-refractivity contribution is 9.10. The summed E-state index contributed by atoms with van der Waals surface area (Å²) in [5, 5.41) is 2.17. The molecule has 0 spiro atoms. The topological polar surface area (TPSA) is 26.0 Å². The number of hydrogen-bond donors (Lipinski definition) is 1. The van der Waals surface area contributed by atoms with Gasteiger partial charge in [-0.15, -0.1) is 11.3 Å². The average Bonchev–Trinajstić information content (AvgIpc) is 2.56. The summed E-state index contributed by atoms with van der Waals surface area (Å²) in [7, 11) is 0. The first-order chi connectivity index (χ1) is 7.76. The largest absolute Gasteiger partial charge is 0.330 e. The molecule has 2 N–H and O–H groups in total. The summed E-state index contributed by atoms with van der Waals surface area (Å²) in [6, 6.07) is 2.15. The van der Waals surface area contributed by atoms with Crippen LogP contribution in [0.5, 0.6) is 0 Å². The van der Waals surface area contributed by atoms with Gasteiger partial charge in [-0.25, -0.2) is 0 Å². The minimum atomic E-state index is 0.379. The van der Waals surface area contributed by atoms with E-state index < -0.39 is 0 Å². The van der Waals surface area contributed by atoms with Crippen LogP contribution in [0.3, 0.4) is 0 Å². The van der Waals surface area contributed by atoms with Gasteiger partial charge in [0.2, 0.25) is 0 Å². The second-order valence-electron chi connectivity index (χ2n) is 4.99. The van der Waals surface area contributed by atoms with Crippen LogP contribution >= 0.6 is 27.3 Å². The summed E-state index contributed by atoms with van der Waals surface area (Å²) in [5.74, 6) is 0. The van der Waals surface area contributed by atoms with Gasteiger partial charge in [0.05, 0.1) is 0 Å². The van der Waals surface area contributed by atoms with Crippen LogP contribution in [0.2, 0.25) is 0 Å². The molecule has 2 rings (SSSR count). The zero-order chi connectivity index (χ0) is 11.4. The number of halogens is 1. The molecule has 16 heavy (non-hydrogen) atoms. The van der Waals surface area contributed by atoms with Gasteiger partial charge < -0.3 is 5.73 Å². The van der Waals surface area contributed by atoms with E-state index in [0.29, 0.717) is 5.41 Å². The normalized spacial score (nSPS) is 20.6. The SMILES string of the molecule is NCC1(Cc2sccc2Br)CCCCCC1. The van der Waals surface area contributed by atoms with Crippen molar-refractivity contribution in [3.63, 3.8) is 0 Å². The number of thiophene rings is 1. The Morgan fingerprint density at radius 3 is 2.44 bits per heavy atom. The third-order valence-corrected chi connectivity index (χ3v) is 5.75. The van der Waals surface area contributed by atoms with Crippen LogP contribution in [0.15, 0.2) is 15.9 Å². The molecule has 0 aliphatic heterocycles. The van der Waals surface area contributed by atoms with Gasteiger partial charge in [-0.05, 0) is 58.6 Å². The van der Waals surface area contributed by atoms with Crippen LogP contribution in [-0.4, -0.2) is 6.54 Å². The smallest absolute Gasteiger partial charge is 0.0314 e. The van der Waals surface area contributed by atoms with Crippen molar-refractivity contribution in [3.05, 3.63) is 20.8 Å². The Balaban J connectivity index is 2.11. The second kappa shape index (κ2) is 5.65. The van der Waals surface area contributed by atoms with E-state index in [-0.39, 0.29) is 0 Å². The highest BCUT2D eigenvalue weighted by Crippen LogP contribution is 2.39. The number of nitrogens with two attached hydrogens (primary N) is 1. The maximum atomic E-state index is 6.06. The highest BCUT2D eigenvalue weighted by Gasteiger charge is 2.30. The van der Waals surface area contributed by atoms with Crippen LogP contribution in [0.25, 0.3) is 0 Å². The molecule has 0 atom stereocenters. The van der Waals surface area contributed by atoms with E-state index in [1.807, 2.05) is 11.3 Å². The first-order valence-corrected chi connectivity index (χ1v) is 7.85. The van der Waals surface area contributed by atoms with Crippen molar-refractivity contribution in [2.75, 3.05) is 6.54 Å². The standard InChI is InChI=1S/C13H20BrNS/c14-11-5-8-16-12(11)9-13(10-15)6-3-1-2-4-7-13/h5,8H,1-4,6-7,9-10,15H2. The molecule has 0 aromatic carbocycles. The fraction of sp³-hybridized carbons (Fsp3) is 0.692. The summed E-state index contributed by atoms with van der Waals surface area (Å²) in [5.41, 5.74) is 6.44. The Morgan fingerprint density at radius 1 is 1.25 bits per heavy atom. The molecule has 1 aromatic heterocycles. The Morgan fingerprint density at radius 2 is 1.94 bits per heavy atom. The lowest BCUT2D eigenvalue weighted by molar-refractivity contribution is 0.254. The van der Waals surface area contributed by atoms with Gasteiger partial charge in [-0.3, -0.25) is 0 Å². The molecule has 0 bridgehead atoms. The fourth-order valence-electron chi connectivity index (χ4n) is 2.72. The first-order valence-electron chi connectivity index (χ1n) is 6.18. The van der Waals surface area contributed by atoms with Gasteiger partial charge in [-0.1, -0.05) is 25.7 Å². The molecule has 0 unspecified atom stereocenters. The van der Waals surface area contributed by atoms with E-state index in [1.165, 1.54) is 54.3 Å². The minimum absolute atomic E-state index is 0.379. The molecule has 1 nitrogen and oxygen atoms in total. The first kappa shape index (κ1) is 12.6. The van der Waals surface area contributed by atoms with Crippen LogP contribution in [0.1, 0.15) is 43.4 Å². The number of rotatable bonds is 3. The third-order valence-electron chi connectivity index (χ3n) is 3.82. The van der Waals surface area contributed by atoms with Gasteiger partial charge in [0, 0.05) is 9.35 Å². The molecule has 0 radical (unpaired) electrons. The molecule has 0 saturated heterocycles. The molecule has 1 fully saturated rings. The van der Waals surface area contributed by atoms with Gasteiger partial charge in [0.25, 0.3) is 0 Å². The van der Waals surface area contributed by atoms with Crippen molar-refractivity contribution in [1.29, 1.82) is 0 Å². The number of hydrogen-bond acceptors (Lipinski definition) is 2. The van der Waals surface area contributed by atoms with E-state index in [0.717, 1.165) is 6.54 Å². The molecule has 1 aromatic rings. The summed E-state index contributed by atoms with van der Waals surface area (Å²) >= 11 is 5.50. The molecule has 90 valence electrons. The van der Waals surface area contributed by atoms with Crippen LogP contribution < -0.4 is 5.73 Å². The minimum Gasteiger partial charge on any atom is -0.330 e. The van der Waals surface area contributed by atoms with Gasteiger partial charge in [0.1, 0.15) is 0 Å². The Labute approximate surface area is 111 Å². The fourth-order valence-corrected chi connectivity index (χ4v) is 4.39. The lowest BCUT2D eigenvalue weighted by Gasteiger charge is -2.31. The van der Waals surface area contributed by atoms with Crippen molar-refractivity contribution in [2.45, 2.75) is 44.9 Å². The van der Waals surface area contributed by atoms with Gasteiger partial charge in [-0.2, -0.15) is 0 Å². The van der Waals surface area contributed by atoms with Gasteiger partial charge >= 0.3 is 0 Å². The van der Waals surface area contributed by atoms with Crippen molar-refractivity contribution in [3.8, 4) is 0 Å². The summed E-state index contributed by atoms with van der Waals surface area (Å²) < 4.78 is 1.27. The summed E-state index contributed by atoms with van der Waals surface area (Å²) in [4.78, 5) is 1.48. The molecular weight excluding hydrogens is 282 g/mol. The lowest BCUT2D eigenvalue weighted by Crippen LogP contribution is -2.32. The van der Waals surface area contributed by atoms with E-state index in [9.17, 15) is 0 Å². The highest BCUT2D eigenvalue weighted by atomic mass is 79.9. The zero-order valence-electron chi connectivity index (χ0n) is 9.68. The second-order valence-corrected chi connectivity index (χ2v) is 6.84. The summed E-state index contributed by atoms with van der Waals surface area (Å²) in [6.45, 7) is 0.845. The van der Waals surface area contributed by atoms with E-state index in [2.05, 4.69) is 27.4 Å². The van der Waals surface area contributed by atoms with E-state index in [4.69, 9.17) is 5.73 Å². The van der Waals surface area contributed by atoms with Crippen molar-refractivity contribution in [1.82, 2.24) is 0 Å². The van der Waals surface area contributed by atoms with Crippen LogP contribution in [-0.2, 0) is 6.42 Å².